The number of hydrogen-bond acceptors (Lipinski definition) is 3. The van der Waals surface area contributed by atoms with Crippen LogP contribution in [0.5, 0.6) is 11.5 Å². The van der Waals surface area contributed by atoms with Gasteiger partial charge in [-0.3, -0.25) is 10.1 Å². The lowest BCUT2D eigenvalue weighted by Crippen LogP contribution is -1.92. The molecule has 0 amide bonds. The first kappa shape index (κ1) is 14.4. The van der Waals surface area contributed by atoms with E-state index >= 15 is 0 Å². The van der Waals surface area contributed by atoms with Gasteiger partial charge in [-0.15, -0.1) is 0 Å². The highest BCUT2D eigenvalue weighted by atomic mass is 35.5. The molecule has 0 N–H and O–H groups in total. The molecule has 0 spiro atoms. The fourth-order valence-electron chi connectivity index (χ4n) is 2.30. The highest BCUT2D eigenvalue weighted by molar-refractivity contribution is 6.35. The molecule has 0 aromatic heterocycles. The van der Waals surface area contributed by atoms with Gasteiger partial charge in [-0.1, -0.05) is 35.9 Å². The topological polar surface area (TPSA) is 52.4 Å². The Hall–Kier alpha value is -2.59. The van der Waals surface area contributed by atoms with Crippen LogP contribution in [0.1, 0.15) is 5.56 Å². The summed E-state index contributed by atoms with van der Waals surface area (Å²) >= 11 is 6.19. The van der Waals surface area contributed by atoms with Crippen molar-refractivity contribution in [2.75, 3.05) is 0 Å². The number of hydrogen-bond donors (Lipinski definition) is 0. The van der Waals surface area contributed by atoms with E-state index in [4.69, 9.17) is 16.3 Å². The van der Waals surface area contributed by atoms with Crippen LogP contribution in [0.15, 0.2) is 54.6 Å². The lowest BCUT2D eigenvalue weighted by Gasteiger charge is -2.11. The molecule has 4 nitrogen and oxygen atoms in total. The second-order valence-corrected chi connectivity index (χ2v) is 5.31. The Balaban J connectivity index is 2.04. The largest absolute Gasteiger partial charge is 0.456 e. The van der Waals surface area contributed by atoms with Crippen molar-refractivity contribution >= 4 is 28.1 Å². The summed E-state index contributed by atoms with van der Waals surface area (Å²) < 4.78 is 5.93. The van der Waals surface area contributed by atoms with Gasteiger partial charge in [-0.2, -0.15) is 0 Å². The summed E-state index contributed by atoms with van der Waals surface area (Å²) in [5, 5.41) is 13.2. The normalized spacial score (nSPS) is 10.6. The van der Waals surface area contributed by atoms with E-state index in [9.17, 15) is 10.1 Å². The SMILES string of the molecule is Cc1cc([N+](=O)[O-])ccc1Oc1ccc(Cl)c2ccccc12. The number of ether oxygens (including phenoxy) is 1. The molecule has 3 aromatic rings. The van der Waals surface area contributed by atoms with Crippen molar-refractivity contribution in [3.63, 3.8) is 0 Å². The van der Waals surface area contributed by atoms with Crippen molar-refractivity contribution in [1.29, 1.82) is 0 Å². The molecule has 0 heterocycles. The molecule has 22 heavy (non-hydrogen) atoms. The summed E-state index contributed by atoms with van der Waals surface area (Å²) in [5.41, 5.74) is 0.749. The van der Waals surface area contributed by atoms with E-state index in [1.165, 1.54) is 12.1 Å². The van der Waals surface area contributed by atoms with E-state index in [0.29, 0.717) is 22.1 Å². The van der Waals surface area contributed by atoms with Crippen LogP contribution in [0.4, 0.5) is 5.69 Å². The Morgan fingerprint density at radius 3 is 2.36 bits per heavy atom. The van der Waals surface area contributed by atoms with Gasteiger partial charge >= 0.3 is 0 Å². The molecule has 110 valence electrons. The molecule has 0 aliphatic rings. The fraction of sp³-hybridized carbons (Fsp3) is 0.0588. The first-order valence-corrected chi connectivity index (χ1v) is 7.04. The molecular formula is C17H12ClNO3. The fourth-order valence-corrected chi connectivity index (χ4v) is 2.53. The molecule has 0 radical (unpaired) electrons. The van der Waals surface area contributed by atoms with Crippen LogP contribution in [0.25, 0.3) is 10.8 Å². The van der Waals surface area contributed by atoms with Crippen molar-refractivity contribution in [1.82, 2.24) is 0 Å². The summed E-state index contributed by atoms with van der Waals surface area (Å²) in [7, 11) is 0. The summed E-state index contributed by atoms with van der Waals surface area (Å²) in [6.07, 6.45) is 0. The molecule has 0 aliphatic carbocycles. The summed E-state index contributed by atoms with van der Waals surface area (Å²) in [4.78, 5) is 10.4. The minimum Gasteiger partial charge on any atom is -0.456 e. The van der Waals surface area contributed by atoms with Crippen molar-refractivity contribution in [2.24, 2.45) is 0 Å². The van der Waals surface area contributed by atoms with Gasteiger partial charge in [0.25, 0.3) is 5.69 Å². The maximum absolute atomic E-state index is 10.8. The third-order valence-corrected chi connectivity index (χ3v) is 3.75. The van der Waals surface area contributed by atoms with Gasteiger partial charge < -0.3 is 4.74 Å². The first-order chi connectivity index (χ1) is 10.6. The van der Waals surface area contributed by atoms with Crippen molar-refractivity contribution < 1.29 is 9.66 Å². The van der Waals surface area contributed by atoms with Crippen LogP contribution in [-0.4, -0.2) is 4.92 Å². The van der Waals surface area contributed by atoms with Crippen molar-refractivity contribution in [3.8, 4) is 11.5 Å². The molecule has 3 rings (SSSR count). The average molecular weight is 314 g/mol. The van der Waals surface area contributed by atoms with Crippen LogP contribution in [-0.2, 0) is 0 Å². The molecule has 0 aliphatic heterocycles. The number of non-ortho nitro benzene ring substituents is 1. The maximum Gasteiger partial charge on any atom is 0.269 e. The van der Waals surface area contributed by atoms with Crippen molar-refractivity contribution in [2.45, 2.75) is 6.92 Å². The molecule has 5 heteroatoms. The number of rotatable bonds is 3. The summed E-state index contributed by atoms with van der Waals surface area (Å²) in [5.74, 6) is 1.25. The zero-order valence-electron chi connectivity index (χ0n) is 11.7. The Bertz CT molecular complexity index is 877. The van der Waals surface area contributed by atoms with Crippen LogP contribution >= 0.6 is 11.6 Å². The number of nitro benzene ring substituents is 1. The first-order valence-electron chi connectivity index (χ1n) is 6.66. The van der Waals surface area contributed by atoms with Crippen molar-refractivity contribution in [3.05, 3.63) is 75.3 Å². The molecule has 0 bridgehead atoms. The Labute approximate surface area is 132 Å². The van der Waals surface area contributed by atoms with Gasteiger partial charge in [-0.25, -0.2) is 0 Å². The van der Waals surface area contributed by atoms with E-state index in [1.807, 2.05) is 24.3 Å². The highest BCUT2D eigenvalue weighted by Gasteiger charge is 2.11. The van der Waals surface area contributed by atoms with Gasteiger partial charge in [0.1, 0.15) is 11.5 Å². The lowest BCUT2D eigenvalue weighted by atomic mass is 10.1. The number of fused-ring (bicyclic) bond motifs is 1. The van der Waals surface area contributed by atoms with Gasteiger partial charge in [-0.05, 0) is 30.7 Å². The lowest BCUT2D eigenvalue weighted by molar-refractivity contribution is -0.384. The zero-order valence-corrected chi connectivity index (χ0v) is 12.5. The number of aryl methyl sites for hydroxylation is 1. The highest BCUT2D eigenvalue weighted by Crippen LogP contribution is 2.35. The summed E-state index contributed by atoms with van der Waals surface area (Å²) in [6.45, 7) is 1.78. The predicted octanol–water partition coefficient (Wildman–Crippen LogP) is 5.50. The van der Waals surface area contributed by atoms with Crippen LogP contribution < -0.4 is 4.74 Å². The van der Waals surface area contributed by atoms with Crippen LogP contribution in [0.3, 0.4) is 0 Å². The molecule has 0 saturated carbocycles. The monoisotopic (exact) mass is 313 g/mol. The van der Waals surface area contributed by atoms with E-state index < -0.39 is 4.92 Å². The average Bonchev–Trinajstić information content (AvgIpc) is 2.52. The minimum absolute atomic E-state index is 0.0471. The van der Waals surface area contributed by atoms with Gasteiger partial charge in [0.05, 0.1) is 4.92 Å². The standard InChI is InChI=1S/C17H12ClNO3/c1-11-10-12(19(20)21)6-8-16(11)22-17-9-7-15(18)13-4-2-3-5-14(13)17/h2-10H,1H3. The zero-order chi connectivity index (χ0) is 15.7. The second kappa shape index (κ2) is 5.66. The molecule has 3 aromatic carbocycles. The number of benzene rings is 3. The third kappa shape index (κ3) is 2.61. The molecule has 0 fully saturated rings. The molecular weight excluding hydrogens is 302 g/mol. The molecule has 0 unspecified atom stereocenters. The Morgan fingerprint density at radius 1 is 1.00 bits per heavy atom. The van der Waals surface area contributed by atoms with E-state index in [1.54, 1.807) is 25.1 Å². The number of nitro groups is 1. The third-order valence-electron chi connectivity index (χ3n) is 3.42. The molecule has 0 atom stereocenters. The minimum atomic E-state index is -0.422. The van der Waals surface area contributed by atoms with Crippen LogP contribution in [0, 0.1) is 17.0 Å². The predicted molar refractivity (Wildman–Crippen MR) is 86.9 cm³/mol. The van der Waals surface area contributed by atoms with Gasteiger partial charge in [0.15, 0.2) is 0 Å². The summed E-state index contributed by atoms with van der Waals surface area (Å²) in [6, 6.07) is 15.8. The molecule has 0 saturated heterocycles. The van der Waals surface area contributed by atoms with Gasteiger partial charge in [0, 0.05) is 27.9 Å². The van der Waals surface area contributed by atoms with Crippen LogP contribution in [0.2, 0.25) is 5.02 Å². The Morgan fingerprint density at radius 2 is 1.68 bits per heavy atom. The second-order valence-electron chi connectivity index (χ2n) is 4.90. The Kier molecular flexibility index (Phi) is 3.69. The number of halogens is 1. The number of nitrogens with zero attached hydrogens (tertiary/aromatic N) is 1. The quantitative estimate of drug-likeness (QED) is 0.473. The van der Waals surface area contributed by atoms with E-state index in [0.717, 1.165) is 10.8 Å². The van der Waals surface area contributed by atoms with E-state index in [-0.39, 0.29) is 5.69 Å². The maximum atomic E-state index is 10.8. The smallest absolute Gasteiger partial charge is 0.269 e. The van der Waals surface area contributed by atoms with E-state index in [2.05, 4.69) is 0 Å². The van der Waals surface area contributed by atoms with Gasteiger partial charge in [0.2, 0.25) is 0 Å².